The van der Waals surface area contributed by atoms with Gasteiger partial charge in [0.25, 0.3) is 0 Å². The van der Waals surface area contributed by atoms with Crippen molar-refractivity contribution in [2.75, 3.05) is 0 Å². The number of carbonyl (C=O) groups is 1. The molecule has 23 heavy (non-hydrogen) atoms. The van der Waals surface area contributed by atoms with Gasteiger partial charge in [0, 0.05) is 18.3 Å². The Morgan fingerprint density at radius 3 is 2.74 bits per heavy atom. The van der Waals surface area contributed by atoms with Crippen molar-refractivity contribution in [1.82, 2.24) is 0 Å². The number of aromatic hydroxyl groups is 1. The van der Waals surface area contributed by atoms with Crippen LogP contribution in [0.3, 0.4) is 0 Å². The number of Topliss-reactive ketones (excluding diaryl/α,β-unsaturated/α-hetero) is 1. The van der Waals surface area contributed by atoms with E-state index in [0.717, 1.165) is 25.7 Å². The Hall–Kier alpha value is -2.09. The zero-order valence-electron chi connectivity index (χ0n) is 13.3. The number of phenols is 1. The standard InChI is InChI=1S/C21H22O2/c22-18-8-9-20-16(12-18)6-7-17-13-19(23)10-11-21(17,20)14-15-4-2-1-3-5-15/h1-5,8-9,12,17,22H,6-7,10-11,13-14H2/t17-,21-/m0/s1. The van der Waals surface area contributed by atoms with E-state index in [1.165, 1.54) is 16.7 Å². The zero-order valence-corrected chi connectivity index (χ0v) is 13.3. The monoisotopic (exact) mass is 306 g/mol. The zero-order chi connectivity index (χ0) is 15.9. The Kier molecular flexibility index (Phi) is 3.48. The molecule has 0 bridgehead atoms. The van der Waals surface area contributed by atoms with Crippen molar-refractivity contribution in [1.29, 1.82) is 0 Å². The van der Waals surface area contributed by atoms with E-state index in [9.17, 15) is 9.90 Å². The Balaban J connectivity index is 1.82. The molecule has 118 valence electrons. The molecular weight excluding hydrogens is 284 g/mol. The molecule has 0 radical (unpaired) electrons. The molecule has 1 fully saturated rings. The highest BCUT2D eigenvalue weighted by Gasteiger charge is 2.47. The lowest BCUT2D eigenvalue weighted by molar-refractivity contribution is -0.123. The molecule has 2 aromatic rings. The summed E-state index contributed by atoms with van der Waals surface area (Å²) < 4.78 is 0. The molecule has 2 atom stereocenters. The van der Waals surface area contributed by atoms with Gasteiger partial charge in [0.15, 0.2) is 0 Å². The summed E-state index contributed by atoms with van der Waals surface area (Å²) in [4.78, 5) is 12.0. The second kappa shape index (κ2) is 5.52. The van der Waals surface area contributed by atoms with Gasteiger partial charge in [-0.3, -0.25) is 4.79 Å². The van der Waals surface area contributed by atoms with Crippen molar-refractivity contribution in [3.63, 3.8) is 0 Å². The first-order valence-corrected chi connectivity index (χ1v) is 8.55. The van der Waals surface area contributed by atoms with Crippen LogP contribution in [0, 0.1) is 5.92 Å². The molecule has 2 nitrogen and oxygen atoms in total. The third-order valence-corrected chi connectivity index (χ3v) is 5.86. The van der Waals surface area contributed by atoms with Crippen molar-refractivity contribution in [2.45, 2.75) is 43.9 Å². The Morgan fingerprint density at radius 2 is 1.91 bits per heavy atom. The SMILES string of the molecule is O=C1CC[C@@]2(Cc3ccccc3)c3ccc(O)cc3CC[C@H]2C1. The Morgan fingerprint density at radius 1 is 1.09 bits per heavy atom. The lowest BCUT2D eigenvalue weighted by atomic mass is 9.55. The highest BCUT2D eigenvalue weighted by molar-refractivity contribution is 5.80. The van der Waals surface area contributed by atoms with Gasteiger partial charge in [-0.05, 0) is 60.4 Å². The third-order valence-electron chi connectivity index (χ3n) is 5.86. The van der Waals surface area contributed by atoms with Crippen LogP contribution in [0.2, 0.25) is 0 Å². The lowest BCUT2D eigenvalue weighted by Gasteiger charge is -2.48. The summed E-state index contributed by atoms with van der Waals surface area (Å²) in [5.74, 6) is 1.20. The third kappa shape index (κ3) is 2.46. The van der Waals surface area contributed by atoms with Crippen molar-refractivity contribution in [2.24, 2.45) is 5.92 Å². The van der Waals surface area contributed by atoms with E-state index in [1.54, 1.807) is 0 Å². The van der Waals surface area contributed by atoms with Gasteiger partial charge in [-0.15, -0.1) is 0 Å². The van der Waals surface area contributed by atoms with Gasteiger partial charge in [0.1, 0.15) is 11.5 Å². The van der Waals surface area contributed by atoms with E-state index < -0.39 is 0 Å². The first-order chi connectivity index (χ1) is 11.2. The number of ketones is 1. The van der Waals surface area contributed by atoms with Gasteiger partial charge in [0.2, 0.25) is 0 Å². The first kappa shape index (κ1) is 14.5. The molecule has 0 spiro atoms. The summed E-state index contributed by atoms with van der Waals surface area (Å²) in [5.41, 5.74) is 4.03. The molecule has 0 saturated heterocycles. The molecule has 1 N–H and O–H groups in total. The number of fused-ring (bicyclic) bond motifs is 3. The van der Waals surface area contributed by atoms with Crippen molar-refractivity contribution in [3.05, 3.63) is 65.2 Å². The van der Waals surface area contributed by atoms with Crippen LogP contribution in [0.1, 0.15) is 42.4 Å². The molecule has 0 heterocycles. The van der Waals surface area contributed by atoms with Gasteiger partial charge in [-0.25, -0.2) is 0 Å². The van der Waals surface area contributed by atoms with Crippen molar-refractivity contribution >= 4 is 5.78 Å². The summed E-state index contributed by atoms with van der Waals surface area (Å²) in [6.07, 6.45) is 5.34. The van der Waals surface area contributed by atoms with E-state index in [2.05, 4.69) is 36.4 Å². The predicted molar refractivity (Wildman–Crippen MR) is 90.6 cm³/mol. The van der Waals surface area contributed by atoms with Crippen LogP contribution in [0.5, 0.6) is 5.75 Å². The molecule has 2 heteroatoms. The topological polar surface area (TPSA) is 37.3 Å². The minimum Gasteiger partial charge on any atom is -0.508 e. The molecule has 2 aliphatic rings. The molecule has 4 rings (SSSR count). The van der Waals surface area contributed by atoms with Gasteiger partial charge >= 0.3 is 0 Å². The summed E-state index contributed by atoms with van der Waals surface area (Å²) >= 11 is 0. The van der Waals surface area contributed by atoms with Crippen LogP contribution in [-0.2, 0) is 23.1 Å². The number of hydrogen-bond acceptors (Lipinski definition) is 2. The second-order valence-corrected chi connectivity index (χ2v) is 7.14. The average Bonchev–Trinajstić information content (AvgIpc) is 2.56. The average molecular weight is 306 g/mol. The molecular formula is C21H22O2. The van der Waals surface area contributed by atoms with E-state index in [-0.39, 0.29) is 5.41 Å². The van der Waals surface area contributed by atoms with Gasteiger partial charge in [-0.2, -0.15) is 0 Å². The molecule has 0 amide bonds. The van der Waals surface area contributed by atoms with E-state index >= 15 is 0 Å². The van der Waals surface area contributed by atoms with Gasteiger partial charge < -0.3 is 5.11 Å². The first-order valence-electron chi connectivity index (χ1n) is 8.55. The minimum absolute atomic E-state index is 0.0521. The molecule has 0 unspecified atom stereocenters. The van der Waals surface area contributed by atoms with Crippen molar-refractivity contribution < 1.29 is 9.90 Å². The van der Waals surface area contributed by atoms with E-state index in [4.69, 9.17) is 0 Å². The van der Waals surface area contributed by atoms with Crippen LogP contribution >= 0.6 is 0 Å². The molecule has 0 aromatic heterocycles. The summed E-state index contributed by atoms with van der Waals surface area (Å²) in [7, 11) is 0. The van der Waals surface area contributed by atoms with Crippen LogP contribution < -0.4 is 0 Å². The summed E-state index contributed by atoms with van der Waals surface area (Å²) in [6.45, 7) is 0. The predicted octanol–water partition coefficient (Wildman–Crippen LogP) is 4.19. The van der Waals surface area contributed by atoms with Crippen molar-refractivity contribution in [3.8, 4) is 5.75 Å². The maximum atomic E-state index is 12.0. The highest BCUT2D eigenvalue weighted by Crippen LogP contribution is 2.51. The summed E-state index contributed by atoms with van der Waals surface area (Å²) in [5, 5.41) is 9.85. The maximum absolute atomic E-state index is 12.0. The van der Waals surface area contributed by atoms with Gasteiger partial charge in [0.05, 0.1) is 0 Å². The molecule has 0 aliphatic heterocycles. The van der Waals surface area contributed by atoms with E-state index in [0.29, 0.717) is 30.3 Å². The number of hydrogen-bond donors (Lipinski definition) is 1. The number of carbonyl (C=O) groups excluding carboxylic acids is 1. The fourth-order valence-electron chi connectivity index (χ4n) is 4.76. The van der Waals surface area contributed by atoms with E-state index in [1.807, 2.05) is 12.1 Å². The number of aryl methyl sites for hydroxylation is 1. The normalized spacial score (nSPS) is 26.4. The smallest absolute Gasteiger partial charge is 0.133 e. The largest absolute Gasteiger partial charge is 0.508 e. The quantitative estimate of drug-likeness (QED) is 0.903. The second-order valence-electron chi connectivity index (χ2n) is 7.14. The lowest BCUT2D eigenvalue weighted by Crippen LogP contribution is -2.45. The van der Waals surface area contributed by atoms with Crippen LogP contribution in [0.4, 0.5) is 0 Å². The number of phenolic OH excluding ortho intramolecular Hbond substituents is 1. The molecule has 2 aliphatic carbocycles. The number of benzene rings is 2. The fraction of sp³-hybridized carbons (Fsp3) is 0.381. The summed E-state index contributed by atoms with van der Waals surface area (Å²) in [6, 6.07) is 16.5. The minimum atomic E-state index is 0.0521. The number of rotatable bonds is 2. The Labute approximate surface area is 137 Å². The maximum Gasteiger partial charge on any atom is 0.133 e. The Bertz CT molecular complexity index is 735. The van der Waals surface area contributed by atoms with Crippen LogP contribution in [0.25, 0.3) is 0 Å². The fourth-order valence-corrected chi connectivity index (χ4v) is 4.76. The van der Waals surface area contributed by atoms with Crippen LogP contribution in [0.15, 0.2) is 48.5 Å². The van der Waals surface area contributed by atoms with Crippen LogP contribution in [-0.4, -0.2) is 10.9 Å². The molecule has 2 aromatic carbocycles. The highest BCUT2D eigenvalue weighted by atomic mass is 16.3. The van der Waals surface area contributed by atoms with Gasteiger partial charge in [-0.1, -0.05) is 36.4 Å². The molecule has 1 saturated carbocycles.